The van der Waals surface area contributed by atoms with Gasteiger partial charge in [0, 0.05) is 12.8 Å². The molecule has 5 amide bonds. The van der Waals surface area contributed by atoms with Gasteiger partial charge in [0.15, 0.2) is 0 Å². The molecule has 1 atom stereocenters. The number of carbonyl (C=O) groups is 5. The van der Waals surface area contributed by atoms with Crippen molar-refractivity contribution in [2.24, 2.45) is 0 Å². The zero-order chi connectivity index (χ0) is 15.9. The summed E-state index contributed by atoms with van der Waals surface area (Å²) in [6.45, 7) is 0. The van der Waals surface area contributed by atoms with Gasteiger partial charge >= 0.3 is 35.7 Å². The Morgan fingerprint density at radius 3 is 2.00 bits per heavy atom. The fourth-order valence-corrected chi connectivity index (χ4v) is 2.49. The Morgan fingerprint density at radius 1 is 1.09 bits per heavy atom. The van der Waals surface area contributed by atoms with E-state index in [9.17, 15) is 36.9 Å². The topological polar surface area (TPSA) is 158 Å². The van der Waals surface area contributed by atoms with Crippen LogP contribution in [0.15, 0.2) is 0 Å². The first-order chi connectivity index (χ1) is 9.62. The standard InChI is InChI=1S/C9H8N2O9S.Na/c12-5-1-2-6(13)10(5)9(16)20-11-7(14)3-4(8(11)15)21(17,18)19;/h4H,1-3H2,(H,17,18,19);/q;+1/p-1. The molecule has 114 valence electrons. The van der Waals surface area contributed by atoms with Crippen molar-refractivity contribution < 1.29 is 71.3 Å². The minimum absolute atomic E-state index is 0. The molecule has 2 saturated heterocycles. The van der Waals surface area contributed by atoms with E-state index < -0.39 is 51.5 Å². The average Bonchev–Trinajstić information content (AvgIpc) is 2.82. The van der Waals surface area contributed by atoms with Crippen molar-refractivity contribution in [3.8, 4) is 0 Å². The molecule has 0 saturated carbocycles. The number of imide groups is 4. The first-order valence-corrected chi connectivity index (χ1v) is 6.99. The molecule has 0 aromatic carbocycles. The molecule has 0 radical (unpaired) electrons. The molecule has 0 N–H and O–H groups in total. The molecular formula is C9H7N2NaO9S. The van der Waals surface area contributed by atoms with E-state index in [4.69, 9.17) is 0 Å². The molecule has 13 heteroatoms. The van der Waals surface area contributed by atoms with Gasteiger partial charge in [-0.3, -0.25) is 19.2 Å². The third-order valence-corrected chi connectivity index (χ3v) is 3.88. The van der Waals surface area contributed by atoms with Gasteiger partial charge in [-0.1, -0.05) is 5.06 Å². The number of rotatable bonds is 2. The first-order valence-electron chi connectivity index (χ1n) is 5.52. The normalized spacial score (nSPS) is 22.1. The number of likely N-dealkylation sites (tertiary alicyclic amines) is 1. The minimum Gasteiger partial charge on any atom is -0.747 e. The molecule has 0 aromatic rings. The fourth-order valence-electron chi connectivity index (χ4n) is 1.80. The van der Waals surface area contributed by atoms with Crippen LogP contribution in [0.5, 0.6) is 0 Å². The van der Waals surface area contributed by atoms with Gasteiger partial charge in [0.1, 0.15) is 15.4 Å². The van der Waals surface area contributed by atoms with Crippen LogP contribution in [0.2, 0.25) is 0 Å². The van der Waals surface area contributed by atoms with Gasteiger partial charge in [-0.05, 0) is 0 Å². The fraction of sp³-hybridized carbons (Fsp3) is 0.444. The summed E-state index contributed by atoms with van der Waals surface area (Å²) in [5.41, 5.74) is 0. The second-order valence-electron chi connectivity index (χ2n) is 4.19. The van der Waals surface area contributed by atoms with Crippen LogP contribution in [-0.4, -0.2) is 57.9 Å². The van der Waals surface area contributed by atoms with Gasteiger partial charge in [0.05, 0.1) is 6.42 Å². The van der Waals surface area contributed by atoms with Gasteiger partial charge in [-0.2, -0.15) is 4.90 Å². The SMILES string of the molecule is O=C1CC(S(=O)(=O)[O-])C(=O)N1OC(=O)N1C(=O)CCC1=O.[Na+]. The Balaban J connectivity index is 0.00000242. The van der Waals surface area contributed by atoms with E-state index in [-0.39, 0.29) is 52.4 Å². The summed E-state index contributed by atoms with van der Waals surface area (Å²) in [5.74, 6) is -4.53. The van der Waals surface area contributed by atoms with Crippen LogP contribution in [0.25, 0.3) is 0 Å². The Labute approximate surface area is 145 Å². The number of carbonyl (C=O) groups excluding carboxylic acids is 5. The van der Waals surface area contributed by atoms with Crippen molar-refractivity contribution >= 4 is 39.8 Å². The Kier molecular flexibility index (Phi) is 5.46. The van der Waals surface area contributed by atoms with Crippen LogP contribution in [0.1, 0.15) is 19.3 Å². The van der Waals surface area contributed by atoms with Gasteiger partial charge in [-0.25, -0.2) is 13.2 Å². The number of nitrogens with zero attached hydrogens (tertiary/aromatic N) is 2. The summed E-state index contributed by atoms with van der Waals surface area (Å²) in [7, 11) is -5.09. The van der Waals surface area contributed by atoms with Crippen LogP contribution >= 0.6 is 0 Å². The molecule has 2 rings (SSSR count). The van der Waals surface area contributed by atoms with Crippen LogP contribution in [-0.2, 0) is 34.1 Å². The molecule has 2 fully saturated rings. The van der Waals surface area contributed by atoms with Crippen LogP contribution in [0, 0.1) is 0 Å². The van der Waals surface area contributed by atoms with Crippen molar-refractivity contribution in [2.45, 2.75) is 24.5 Å². The third kappa shape index (κ3) is 3.35. The molecule has 0 bridgehead atoms. The number of amides is 5. The summed E-state index contributed by atoms with van der Waals surface area (Å²) < 4.78 is 32.3. The molecular weight excluding hydrogens is 335 g/mol. The average molecular weight is 342 g/mol. The molecule has 1 unspecified atom stereocenters. The molecule has 2 aliphatic rings. The quantitative estimate of drug-likeness (QED) is 0.272. The van der Waals surface area contributed by atoms with Gasteiger partial charge in [0.2, 0.25) is 11.8 Å². The molecule has 22 heavy (non-hydrogen) atoms. The number of hydrogen-bond donors (Lipinski definition) is 0. The molecule has 0 spiro atoms. The second-order valence-corrected chi connectivity index (χ2v) is 5.75. The monoisotopic (exact) mass is 342 g/mol. The summed E-state index contributed by atoms with van der Waals surface area (Å²) in [4.78, 5) is 61.4. The van der Waals surface area contributed by atoms with E-state index in [1.165, 1.54) is 0 Å². The van der Waals surface area contributed by atoms with Crippen LogP contribution < -0.4 is 29.6 Å². The van der Waals surface area contributed by atoms with E-state index in [0.29, 0.717) is 0 Å². The van der Waals surface area contributed by atoms with Crippen molar-refractivity contribution in [1.29, 1.82) is 0 Å². The molecule has 2 aliphatic heterocycles. The van der Waals surface area contributed by atoms with E-state index in [0.717, 1.165) is 0 Å². The Hall–Kier alpha value is -1.34. The summed E-state index contributed by atoms with van der Waals surface area (Å²) in [6.07, 6.45) is -3.03. The van der Waals surface area contributed by atoms with Crippen LogP contribution in [0.3, 0.4) is 0 Å². The maximum atomic E-state index is 11.6. The predicted octanol–water partition coefficient (Wildman–Crippen LogP) is -5.14. The largest absolute Gasteiger partial charge is 1.00 e. The van der Waals surface area contributed by atoms with E-state index in [1.807, 2.05) is 0 Å². The van der Waals surface area contributed by atoms with Gasteiger partial charge < -0.3 is 9.39 Å². The molecule has 2 heterocycles. The first kappa shape index (κ1) is 18.7. The van der Waals surface area contributed by atoms with E-state index in [1.54, 1.807) is 0 Å². The van der Waals surface area contributed by atoms with Crippen molar-refractivity contribution in [3.05, 3.63) is 0 Å². The van der Waals surface area contributed by atoms with Crippen molar-refractivity contribution in [2.75, 3.05) is 0 Å². The van der Waals surface area contributed by atoms with Crippen molar-refractivity contribution in [3.63, 3.8) is 0 Å². The summed E-state index contributed by atoms with van der Waals surface area (Å²) in [5, 5.41) is -2.41. The van der Waals surface area contributed by atoms with Crippen molar-refractivity contribution in [1.82, 2.24) is 9.96 Å². The zero-order valence-corrected chi connectivity index (χ0v) is 14.0. The Morgan fingerprint density at radius 2 is 1.59 bits per heavy atom. The third-order valence-electron chi connectivity index (χ3n) is 2.81. The van der Waals surface area contributed by atoms with Gasteiger partial charge in [0.25, 0.3) is 11.8 Å². The second kappa shape index (κ2) is 6.42. The maximum absolute atomic E-state index is 11.6. The predicted molar refractivity (Wildman–Crippen MR) is 57.5 cm³/mol. The van der Waals surface area contributed by atoms with Crippen LogP contribution in [0.4, 0.5) is 4.79 Å². The smallest absolute Gasteiger partial charge is 0.747 e. The molecule has 11 nitrogen and oxygen atoms in total. The number of hydrogen-bond acceptors (Lipinski definition) is 9. The zero-order valence-electron chi connectivity index (χ0n) is 11.2. The Bertz CT molecular complexity index is 657. The minimum atomic E-state index is -5.09. The van der Waals surface area contributed by atoms with E-state index >= 15 is 0 Å². The van der Waals surface area contributed by atoms with E-state index in [2.05, 4.69) is 4.84 Å². The molecule has 0 aliphatic carbocycles. The van der Waals surface area contributed by atoms with Gasteiger partial charge in [-0.15, -0.1) is 0 Å². The summed E-state index contributed by atoms with van der Waals surface area (Å²) >= 11 is 0. The number of hydroxylamine groups is 2. The summed E-state index contributed by atoms with van der Waals surface area (Å²) in [6, 6.07) is 0. The maximum Gasteiger partial charge on any atom is 1.00 e. The molecule has 0 aromatic heterocycles.